The molecule has 1 aliphatic carbocycles. The zero-order valence-electron chi connectivity index (χ0n) is 13.0. The van der Waals surface area contributed by atoms with E-state index in [9.17, 15) is 9.59 Å². The van der Waals surface area contributed by atoms with Gasteiger partial charge < -0.3 is 10.1 Å². The van der Waals surface area contributed by atoms with E-state index in [1.807, 2.05) is 24.3 Å². The highest BCUT2D eigenvalue weighted by molar-refractivity contribution is 6.05. The Morgan fingerprint density at radius 3 is 2.68 bits per heavy atom. The molecule has 0 spiro atoms. The zero-order chi connectivity index (χ0) is 15.7. The summed E-state index contributed by atoms with van der Waals surface area (Å²) in [5.74, 6) is 0.958. The molecule has 22 heavy (non-hydrogen) atoms. The molecule has 0 radical (unpaired) electrons. The topological polar surface area (TPSA) is 58.6 Å². The molecule has 1 N–H and O–H groups in total. The molecule has 2 fully saturated rings. The van der Waals surface area contributed by atoms with Crippen LogP contribution in [0.4, 0.5) is 5.69 Å². The van der Waals surface area contributed by atoms with Gasteiger partial charge in [-0.1, -0.05) is 19.1 Å². The first-order valence-corrected chi connectivity index (χ1v) is 7.84. The molecular weight excluding hydrogens is 280 g/mol. The van der Waals surface area contributed by atoms with Crippen molar-refractivity contribution >= 4 is 17.5 Å². The molecule has 3 atom stereocenters. The second-order valence-corrected chi connectivity index (χ2v) is 6.27. The Balaban J connectivity index is 1.70. The second-order valence-electron chi connectivity index (χ2n) is 6.27. The van der Waals surface area contributed by atoms with Crippen molar-refractivity contribution in [1.82, 2.24) is 4.90 Å². The van der Waals surface area contributed by atoms with Crippen LogP contribution >= 0.6 is 0 Å². The molecule has 5 heteroatoms. The predicted octanol–water partition coefficient (Wildman–Crippen LogP) is 2.49. The van der Waals surface area contributed by atoms with Crippen LogP contribution in [0.15, 0.2) is 24.3 Å². The number of carbonyl (C=O) groups is 2. The van der Waals surface area contributed by atoms with E-state index in [2.05, 4.69) is 12.2 Å². The van der Waals surface area contributed by atoms with Crippen molar-refractivity contribution in [2.75, 3.05) is 19.1 Å². The van der Waals surface area contributed by atoms with Gasteiger partial charge in [0.15, 0.2) is 0 Å². The SMILES string of the molecule is COc1ccccc1NCN1C(=O)[C@H]2CC[C@H](C)C[C@H]2C1=O. The second kappa shape index (κ2) is 5.99. The highest BCUT2D eigenvalue weighted by atomic mass is 16.5. The smallest absolute Gasteiger partial charge is 0.234 e. The number of nitrogens with one attached hydrogen (secondary N) is 1. The minimum Gasteiger partial charge on any atom is -0.495 e. The number of amides is 2. The highest BCUT2D eigenvalue weighted by Crippen LogP contribution is 2.40. The summed E-state index contributed by atoms with van der Waals surface area (Å²) < 4.78 is 5.27. The number of ether oxygens (including phenoxy) is 1. The van der Waals surface area contributed by atoms with E-state index in [0.29, 0.717) is 11.7 Å². The molecule has 1 heterocycles. The third-order valence-electron chi connectivity index (χ3n) is 4.81. The van der Waals surface area contributed by atoms with Crippen molar-refractivity contribution in [3.63, 3.8) is 0 Å². The van der Waals surface area contributed by atoms with Gasteiger partial charge in [0.05, 0.1) is 31.3 Å². The summed E-state index contributed by atoms with van der Waals surface area (Å²) in [7, 11) is 1.60. The quantitative estimate of drug-likeness (QED) is 0.868. The van der Waals surface area contributed by atoms with Crippen molar-refractivity contribution < 1.29 is 14.3 Å². The molecule has 1 saturated carbocycles. The molecule has 0 unspecified atom stereocenters. The highest BCUT2D eigenvalue weighted by Gasteiger charge is 2.49. The fourth-order valence-electron chi connectivity index (χ4n) is 3.57. The number of rotatable bonds is 4. The van der Waals surface area contributed by atoms with E-state index in [4.69, 9.17) is 4.74 Å². The average Bonchev–Trinajstić information content (AvgIpc) is 2.76. The zero-order valence-corrected chi connectivity index (χ0v) is 13.0. The molecule has 1 saturated heterocycles. The molecule has 1 aliphatic heterocycles. The monoisotopic (exact) mass is 302 g/mol. The molecule has 1 aromatic rings. The van der Waals surface area contributed by atoms with Crippen LogP contribution < -0.4 is 10.1 Å². The van der Waals surface area contributed by atoms with Gasteiger partial charge in [0, 0.05) is 0 Å². The molecule has 2 aliphatic rings. The number of likely N-dealkylation sites (tertiary alicyclic amines) is 1. The number of nitrogens with zero attached hydrogens (tertiary/aromatic N) is 1. The number of benzene rings is 1. The van der Waals surface area contributed by atoms with Gasteiger partial charge in [-0.3, -0.25) is 14.5 Å². The Hall–Kier alpha value is -2.04. The molecule has 3 rings (SSSR count). The number of hydrogen-bond acceptors (Lipinski definition) is 4. The predicted molar refractivity (Wildman–Crippen MR) is 83.3 cm³/mol. The van der Waals surface area contributed by atoms with Gasteiger partial charge in [0.25, 0.3) is 0 Å². The standard InChI is InChI=1S/C17H22N2O3/c1-11-7-8-12-13(9-11)17(21)19(16(12)20)10-18-14-5-3-4-6-15(14)22-2/h3-6,11-13,18H,7-10H2,1-2H3/t11-,12-,13+/m0/s1. The number of imide groups is 1. The van der Waals surface area contributed by atoms with Crippen molar-refractivity contribution in [2.45, 2.75) is 26.2 Å². The number of methoxy groups -OCH3 is 1. The number of para-hydroxylation sites is 2. The van der Waals surface area contributed by atoms with E-state index in [1.54, 1.807) is 7.11 Å². The van der Waals surface area contributed by atoms with E-state index in [0.717, 1.165) is 24.9 Å². The van der Waals surface area contributed by atoms with Gasteiger partial charge in [-0.25, -0.2) is 0 Å². The van der Waals surface area contributed by atoms with Gasteiger partial charge in [-0.05, 0) is 37.3 Å². The molecular formula is C17H22N2O3. The first kappa shape index (κ1) is 14.9. The van der Waals surface area contributed by atoms with E-state index in [-0.39, 0.29) is 30.3 Å². The van der Waals surface area contributed by atoms with Gasteiger partial charge in [0.2, 0.25) is 11.8 Å². The van der Waals surface area contributed by atoms with Crippen LogP contribution in [-0.4, -0.2) is 30.5 Å². The summed E-state index contributed by atoms with van der Waals surface area (Å²) in [6.45, 7) is 2.36. The van der Waals surface area contributed by atoms with Crippen molar-refractivity contribution in [1.29, 1.82) is 0 Å². The fraction of sp³-hybridized carbons (Fsp3) is 0.529. The summed E-state index contributed by atoms with van der Waals surface area (Å²) in [4.78, 5) is 26.3. The van der Waals surface area contributed by atoms with Gasteiger partial charge >= 0.3 is 0 Å². The maximum absolute atomic E-state index is 12.5. The fourth-order valence-corrected chi connectivity index (χ4v) is 3.57. The van der Waals surface area contributed by atoms with Crippen LogP contribution in [0.5, 0.6) is 5.75 Å². The molecule has 0 aromatic heterocycles. The summed E-state index contributed by atoms with van der Waals surface area (Å²) >= 11 is 0. The molecule has 2 amide bonds. The third kappa shape index (κ3) is 2.56. The largest absolute Gasteiger partial charge is 0.495 e. The lowest BCUT2D eigenvalue weighted by molar-refractivity contribution is -0.139. The molecule has 118 valence electrons. The first-order valence-electron chi connectivity index (χ1n) is 7.84. The number of fused-ring (bicyclic) bond motifs is 1. The molecule has 5 nitrogen and oxygen atoms in total. The van der Waals surface area contributed by atoms with Crippen LogP contribution in [-0.2, 0) is 9.59 Å². The van der Waals surface area contributed by atoms with E-state index < -0.39 is 0 Å². The molecule has 0 bridgehead atoms. The number of anilines is 1. The lowest BCUT2D eigenvalue weighted by atomic mass is 9.76. The number of hydrogen-bond donors (Lipinski definition) is 1. The number of carbonyl (C=O) groups excluding carboxylic acids is 2. The van der Waals surface area contributed by atoms with Crippen LogP contribution in [0.1, 0.15) is 26.2 Å². The summed E-state index contributed by atoms with van der Waals surface area (Å²) in [6, 6.07) is 7.49. The minimum atomic E-state index is -0.115. The lowest BCUT2D eigenvalue weighted by Gasteiger charge is -2.25. The van der Waals surface area contributed by atoms with Gasteiger partial charge in [-0.15, -0.1) is 0 Å². The maximum Gasteiger partial charge on any atom is 0.234 e. The van der Waals surface area contributed by atoms with Crippen molar-refractivity contribution in [3.8, 4) is 5.75 Å². The van der Waals surface area contributed by atoms with Crippen LogP contribution in [0, 0.1) is 17.8 Å². The van der Waals surface area contributed by atoms with Crippen molar-refractivity contribution in [3.05, 3.63) is 24.3 Å². The van der Waals surface area contributed by atoms with Crippen molar-refractivity contribution in [2.24, 2.45) is 17.8 Å². The van der Waals surface area contributed by atoms with Gasteiger partial charge in [0.1, 0.15) is 5.75 Å². The normalized spacial score (nSPS) is 27.7. The summed E-state index contributed by atoms with van der Waals surface area (Å²) in [5.41, 5.74) is 0.786. The summed E-state index contributed by atoms with van der Waals surface area (Å²) in [6.07, 6.45) is 2.70. The van der Waals surface area contributed by atoms with Gasteiger partial charge in [-0.2, -0.15) is 0 Å². The van der Waals surface area contributed by atoms with Crippen LogP contribution in [0.3, 0.4) is 0 Å². The average molecular weight is 302 g/mol. The van der Waals surface area contributed by atoms with Crippen LogP contribution in [0.2, 0.25) is 0 Å². The van der Waals surface area contributed by atoms with E-state index >= 15 is 0 Å². The maximum atomic E-state index is 12.5. The Kier molecular flexibility index (Phi) is 4.05. The third-order valence-corrected chi connectivity index (χ3v) is 4.81. The Bertz CT molecular complexity index is 587. The first-order chi connectivity index (χ1) is 10.6. The van der Waals surface area contributed by atoms with Crippen LogP contribution in [0.25, 0.3) is 0 Å². The Morgan fingerprint density at radius 1 is 1.18 bits per heavy atom. The lowest BCUT2D eigenvalue weighted by Crippen LogP contribution is -2.35. The minimum absolute atomic E-state index is 0.0238. The summed E-state index contributed by atoms with van der Waals surface area (Å²) in [5, 5.41) is 3.15. The Morgan fingerprint density at radius 2 is 1.91 bits per heavy atom. The molecule has 1 aromatic carbocycles. The van der Waals surface area contributed by atoms with E-state index in [1.165, 1.54) is 4.90 Å². The Labute approximate surface area is 130 Å².